The Bertz CT molecular complexity index is 531. The fraction of sp³-hybridized carbons (Fsp3) is 0.467. The first-order valence-electron chi connectivity index (χ1n) is 7.25. The molecule has 0 aliphatic carbocycles. The van der Waals surface area contributed by atoms with Gasteiger partial charge in [-0.05, 0) is 24.8 Å². The lowest BCUT2D eigenvalue weighted by Crippen LogP contribution is -2.46. The molecule has 6 nitrogen and oxygen atoms in total. The molecule has 2 rings (SSSR count). The second-order valence-electron chi connectivity index (χ2n) is 5.08. The van der Waals surface area contributed by atoms with Gasteiger partial charge in [-0.2, -0.15) is 13.2 Å². The molecular formula is C15H19F3N2O4. The van der Waals surface area contributed by atoms with Crippen molar-refractivity contribution in [3.8, 4) is 0 Å². The smallest absolute Gasteiger partial charge is 0.475 e. The number of halogens is 3. The maximum Gasteiger partial charge on any atom is 0.490 e. The van der Waals surface area contributed by atoms with E-state index in [1.54, 1.807) is 0 Å². The van der Waals surface area contributed by atoms with Gasteiger partial charge in [-0.3, -0.25) is 9.63 Å². The van der Waals surface area contributed by atoms with Gasteiger partial charge in [-0.1, -0.05) is 30.3 Å². The van der Waals surface area contributed by atoms with E-state index in [0.717, 1.165) is 18.4 Å². The molecule has 1 heterocycles. The van der Waals surface area contributed by atoms with Gasteiger partial charge in [0.15, 0.2) is 0 Å². The van der Waals surface area contributed by atoms with Gasteiger partial charge in [0.05, 0.1) is 12.6 Å². The van der Waals surface area contributed by atoms with Gasteiger partial charge in [0.2, 0.25) is 0 Å². The molecule has 0 spiro atoms. The lowest BCUT2D eigenvalue weighted by Gasteiger charge is -2.28. The molecule has 1 fully saturated rings. The highest BCUT2D eigenvalue weighted by molar-refractivity contribution is 5.81. The number of carbonyl (C=O) groups excluding carboxylic acids is 1. The van der Waals surface area contributed by atoms with E-state index in [1.165, 1.54) is 5.06 Å². The normalized spacial score (nSPS) is 15.9. The van der Waals surface area contributed by atoms with Crippen molar-refractivity contribution in [1.82, 2.24) is 5.06 Å². The van der Waals surface area contributed by atoms with E-state index in [-0.39, 0.29) is 5.91 Å². The Kier molecular flexibility index (Phi) is 7.66. The summed E-state index contributed by atoms with van der Waals surface area (Å²) >= 11 is 0. The molecule has 0 aromatic heterocycles. The Labute approximate surface area is 136 Å². The molecule has 0 radical (unpaired) electrons. The monoisotopic (exact) mass is 348 g/mol. The highest BCUT2D eigenvalue weighted by atomic mass is 19.4. The van der Waals surface area contributed by atoms with Crippen molar-refractivity contribution in [3.63, 3.8) is 0 Å². The van der Waals surface area contributed by atoms with Crippen molar-refractivity contribution in [1.29, 1.82) is 0 Å². The number of benzene rings is 1. The van der Waals surface area contributed by atoms with Crippen molar-refractivity contribution < 1.29 is 32.7 Å². The van der Waals surface area contributed by atoms with E-state index < -0.39 is 18.2 Å². The van der Waals surface area contributed by atoms with Crippen LogP contribution in [0.5, 0.6) is 0 Å². The molecule has 0 bridgehead atoms. The van der Waals surface area contributed by atoms with Gasteiger partial charge < -0.3 is 10.8 Å². The Hall–Kier alpha value is -2.13. The summed E-state index contributed by atoms with van der Waals surface area (Å²) in [6.45, 7) is 1.27. The summed E-state index contributed by atoms with van der Waals surface area (Å²) in [5, 5.41) is 8.54. The molecule has 1 aromatic rings. The lowest BCUT2D eigenvalue weighted by molar-refractivity contribution is -0.198. The molecule has 1 aromatic carbocycles. The molecule has 9 heteroatoms. The Morgan fingerprint density at radius 1 is 1.25 bits per heavy atom. The van der Waals surface area contributed by atoms with Crippen LogP contribution in [-0.2, 0) is 20.8 Å². The zero-order valence-corrected chi connectivity index (χ0v) is 12.8. The number of nitrogens with two attached hydrogens (primary N) is 1. The molecule has 1 unspecified atom stereocenters. The standard InChI is InChI=1S/C13H18N2O2.C2HF3O2/c14-12(10-11-6-2-1-3-7-11)13(16)15-8-4-5-9-17-15;3-2(4,5)1(6)7/h1-3,6-7,12H,4-5,8-10,14H2;(H,6,7). The molecule has 0 saturated carbocycles. The predicted molar refractivity (Wildman–Crippen MR) is 78.7 cm³/mol. The fourth-order valence-corrected chi connectivity index (χ4v) is 1.91. The van der Waals surface area contributed by atoms with E-state index in [0.29, 0.717) is 19.6 Å². The van der Waals surface area contributed by atoms with Crippen LogP contribution in [-0.4, -0.2) is 47.4 Å². The maximum atomic E-state index is 12.0. The van der Waals surface area contributed by atoms with Crippen LogP contribution >= 0.6 is 0 Å². The zero-order chi connectivity index (χ0) is 18.2. The molecule has 1 aliphatic heterocycles. The van der Waals surface area contributed by atoms with E-state index in [2.05, 4.69) is 0 Å². The molecule has 3 N–H and O–H groups in total. The Morgan fingerprint density at radius 3 is 2.29 bits per heavy atom. The molecule has 1 amide bonds. The van der Waals surface area contributed by atoms with Gasteiger partial charge in [0.25, 0.3) is 5.91 Å². The number of alkyl halides is 3. The third kappa shape index (κ3) is 6.97. The van der Waals surface area contributed by atoms with Gasteiger partial charge in [-0.25, -0.2) is 9.86 Å². The summed E-state index contributed by atoms with van der Waals surface area (Å²) in [4.78, 5) is 26.2. The topological polar surface area (TPSA) is 92.9 Å². The van der Waals surface area contributed by atoms with Crippen LogP contribution in [0, 0.1) is 0 Å². The Balaban J connectivity index is 0.000000351. The number of hydrogen-bond acceptors (Lipinski definition) is 4. The van der Waals surface area contributed by atoms with Crippen molar-refractivity contribution in [3.05, 3.63) is 35.9 Å². The summed E-state index contributed by atoms with van der Waals surface area (Å²) in [5.41, 5.74) is 6.98. The van der Waals surface area contributed by atoms with E-state index in [1.807, 2.05) is 30.3 Å². The summed E-state index contributed by atoms with van der Waals surface area (Å²) in [5.74, 6) is -2.87. The number of carboxylic acids is 1. The molecule has 1 aliphatic rings. The summed E-state index contributed by atoms with van der Waals surface area (Å²) in [7, 11) is 0. The summed E-state index contributed by atoms with van der Waals surface area (Å²) < 4.78 is 31.7. The van der Waals surface area contributed by atoms with Crippen LogP contribution in [0.4, 0.5) is 13.2 Å². The number of amides is 1. The quantitative estimate of drug-likeness (QED) is 0.868. The maximum absolute atomic E-state index is 12.0. The second-order valence-corrected chi connectivity index (χ2v) is 5.08. The van der Waals surface area contributed by atoms with Crippen LogP contribution in [0.25, 0.3) is 0 Å². The van der Waals surface area contributed by atoms with Gasteiger partial charge in [-0.15, -0.1) is 0 Å². The number of nitrogens with zero attached hydrogens (tertiary/aromatic N) is 1. The van der Waals surface area contributed by atoms with Crippen LogP contribution in [0.2, 0.25) is 0 Å². The van der Waals surface area contributed by atoms with E-state index in [9.17, 15) is 18.0 Å². The highest BCUT2D eigenvalue weighted by Crippen LogP contribution is 2.13. The van der Waals surface area contributed by atoms with Crippen molar-refractivity contribution >= 4 is 11.9 Å². The number of carboxylic acid groups (broad SMARTS) is 1. The molecule has 24 heavy (non-hydrogen) atoms. The summed E-state index contributed by atoms with van der Waals surface area (Å²) in [6, 6.07) is 9.28. The average molecular weight is 348 g/mol. The van der Waals surface area contributed by atoms with Crippen LogP contribution in [0.3, 0.4) is 0 Å². The van der Waals surface area contributed by atoms with Gasteiger partial charge in [0.1, 0.15) is 0 Å². The number of hydroxylamine groups is 2. The summed E-state index contributed by atoms with van der Waals surface area (Å²) in [6.07, 6.45) is -2.53. The van der Waals surface area contributed by atoms with Crippen molar-refractivity contribution in [2.75, 3.05) is 13.2 Å². The van der Waals surface area contributed by atoms with Crippen LogP contribution in [0.15, 0.2) is 30.3 Å². The van der Waals surface area contributed by atoms with Crippen LogP contribution < -0.4 is 5.73 Å². The molecular weight excluding hydrogens is 329 g/mol. The SMILES string of the molecule is NC(Cc1ccccc1)C(=O)N1CCCCO1.O=C(O)C(F)(F)F. The minimum absolute atomic E-state index is 0.117. The van der Waals surface area contributed by atoms with Crippen molar-refractivity contribution in [2.24, 2.45) is 5.73 Å². The number of aliphatic carboxylic acids is 1. The third-order valence-corrected chi connectivity index (χ3v) is 3.11. The number of carbonyl (C=O) groups is 2. The minimum atomic E-state index is -5.08. The molecule has 1 saturated heterocycles. The Morgan fingerprint density at radius 2 is 1.83 bits per heavy atom. The average Bonchev–Trinajstić information content (AvgIpc) is 2.55. The van der Waals surface area contributed by atoms with Crippen molar-refractivity contribution in [2.45, 2.75) is 31.5 Å². The minimum Gasteiger partial charge on any atom is -0.475 e. The highest BCUT2D eigenvalue weighted by Gasteiger charge is 2.38. The third-order valence-electron chi connectivity index (χ3n) is 3.11. The second kappa shape index (κ2) is 9.24. The van der Waals surface area contributed by atoms with Gasteiger partial charge >= 0.3 is 12.1 Å². The number of rotatable bonds is 3. The first kappa shape index (κ1) is 19.9. The first-order valence-corrected chi connectivity index (χ1v) is 7.25. The lowest BCUT2D eigenvalue weighted by atomic mass is 10.1. The van der Waals surface area contributed by atoms with Gasteiger partial charge in [0, 0.05) is 6.54 Å². The van der Waals surface area contributed by atoms with E-state index >= 15 is 0 Å². The first-order chi connectivity index (χ1) is 11.2. The zero-order valence-electron chi connectivity index (χ0n) is 12.8. The number of hydrogen-bond donors (Lipinski definition) is 2. The molecule has 134 valence electrons. The van der Waals surface area contributed by atoms with E-state index in [4.69, 9.17) is 20.5 Å². The fourth-order valence-electron chi connectivity index (χ4n) is 1.91. The van der Waals surface area contributed by atoms with Crippen LogP contribution in [0.1, 0.15) is 18.4 Å². The predicted octanol–water partition coefficient (Wildman–Crippen LogP) is 1.74. The largest absolute Gasteiger partial charge is 0.490 e. The molecule has 1 atom stereocenters.